The van der Waals surface area contributed by atoms with Crippen molar-refractivity contribution in [2.24, 2.45) is 11.8 Å². The molecular formula is C9H16O3. The summed E-state index contributed by atoms with van der Waals surface area (Å²) in [5.74, 6) is -0.344. The predicted molar refractivity (Wildman–Crippen MR) is 44.5 cm³/mol. The third-order valence-electron chi connectivity index (χ3n) is 2.43. The third-order valence-corrected chi connectivity index (χ3v) is 2.43. The Balaban J connectivity index is 2.59. The highest BCUT2D eigenvalue weighted by molar-refractivity contribution is 5.73. The molecule has 0 aromatic rings. The number of carbonyl (C=O) groups excluding carboxylic acids is 1. The van der Waals surface area contributed by atoms with Gasteiger partial charge in [-0.2, -0.15) is 0 Å². The van der Waals surface area contributed by atoms with Crippen molar-refractivity contribution in [2.75, 3.05) is 0 Å². The molecule has 1 saturated heterocycles. The molecular weight excluding hydrogens is 156 g/mol. The lowest BCUT2D eigenvalue weighted by atomic mass is 9.91. The minimum absolute atomic E-state index is 0.108. The number of carbonyl (C=O) groups is 1. The molecule has 0 aromatic heterocycles. The Kier molecular flexibility index (Phi) is 2.73. The molecule has 1 fully saturated rings. The summed E-state index contributed by atoms with van der Waals surface area (Å²) in [6.45, 7) is 5.67. The Labute approximate surface area is 72.7 Å². The zero-order valence-corrected chi connectivity index (χ0v) is 7.78. The smallest absolute Gasteiger partial charge is 0.311 e. The number of aliphatic hydroxyl groups is 1. The van der Waals surface area contributed by atoms with Crippen LogP contribution in [0.3, 0.4) is 0 Å². The number of hydrogen-bond acceptors (Lipinski definition) is 3. The van der Waals surface area contributed by atoms with E-state index < -0.39 is 6.10 Å². The first-order valence-electron chi connectivity index (χ1n) is 4.41. The second kappa shape index (κ2) is 3.44. The minimum atomic E-state index is -0.529. The Bertz CT molecular complexity index is 177. The first-order valence-corrected chi connectivity index (χ1v) is 4.41. The number of ether oxygens (including phenoxy) is 1. The standard InChI is InChI=1S/C9H16O3/c1-5(2)8-4-7(10)6(3)9(11)12-8/h5-8,10H,4H2,1-3H3/t6-,7+,8+/m1/s1. The first-order chi connectivity index (χ1) is 5.52. The van der Waals surface area contributed by atoms with E-state index in [9.17, 15) is 9.90 Å². The van der Waals surface area contributed by atoms with Gasteiger partial charge in [0, 0.05) is 6.42 Å². The first kappa shape index (κ1) is 9.52. The van der Waals surface area contributed by atoms with Gasteiger partial charge in [0.15, 0.2) is 0 Å². The van der Waals surface area contributed by atoms with E-state index in [1.165, 1.54) is 0 Å². The summed E-state index contributed by atoms with van der Waals surface area (Å²) in [6.07, 6.45) is -0.0627. The quantitative estimate of drug-likeness (QED) is 0.599. The summed E-state index contributed by atoms with van der Waals surface area (Å²) in [4.78, 5) is 11.1. The molecule has 1 aliphatic heterocycles. The molecule has 3 heteroatoms. The summed E-state index contributed by atoms with van der Waals surface area (Å²) in [5.41, 5.74) is 0. The fourth-order valence-electron chi connectivity index (χ4n) is 1.31. The monoisotopic (exact) mass is 172 g/mol. The number of hydrogen-bond donors (Lipinski definition) is 1. The van der Waals surface area contributed by atoms with E-state index in [2.05, 4.69) is 0 Å². The molecule has 70 valence electrons. The molecule has 0 spiro atoms. The SMILES string of the molecule is CC(C)[C@@H]1C[C@H](O)[C@@H](C)C(=O)O1. The van der Waals surface area contributed by atoms with Gasteiger partial charge in [-0.05, 0) is 12.8 Å². The molecule has 0 radical (unpaired) electrons. The van der Waals surface area contributed by atoms with Crippen LogP contribution in [-0.4, -0.2) is 23.3 Å². The average Bonchev–Trinajstić information content (AvgIpc) is 1.99. The predicted octanol–water partition coefficient (Wildman–Crippen LogP) is 0.955. The van der Waals surface area contributed by atoms with Crippen LogP contribution in [0, 0.1) is 11.8 Å². The Morgan fingerprint density at radius 1 is 1.58 bits per heavy atom. The van der Waals surface area contributed by atoms with Gasteiger partial charge in [-0.15, -0.1) is 0 Å². The van der Waals surface area contributed by atoms with Gasteiger partial charge >= 0.3 is 5.97 Å². The zero-order valence-electron chi connectivity index (χ0n) is 7.78. The second-order valence-electron chi connectivity index (χ2n) is 3.81. The van der Waals surface area contributed by atoms with Gasteiger partial charge in [0.25, 0.3) is 0 Å². The van der Waals surface area contributed by atoms with Crippen molar-refractivity contribution in [3.05, 3.63) is 0 Å². The highest BCUT2D eigenvalue weighted by Gasteiger charge is 2.35. The van der Waals surface area contributed by atoms with Crippen LogP contribution >= 0.6 is 0 Å². The molecule has 0 amide bonds. The molecule has 0 unspecified atom stereocenters. The highest BCUT2D eigenvalue weighted by Crippen LogP contribution is 2.24. The van der Waals surface area contributed by atoms with Crippen LogP contribution in [0.4, 0.5) is 0 Å². The van der Waals surface area contributed by atoms with E-state index in [0.29, 0.717) is 6.42 Å². The van der Waals surface area contributed by atoms with Crippen molar-refractivity contribution in [1.82, 2.24) is 0 Å². The van der Waals surface area contributed by atoms with Gasteiger partial charge in [0.2, 0.25) is 0 Å². The highest BCUT2D eigenvalue weighted by atomic mass is 16.5. The van der Waals surface area contributed by atoms with E-state index in [-0.39, 0.29) is 23.9 Å². The molecule has 1 aliphatic rings. The average molecular weight is 172 g/mol. The molecule has 3 nitrogen and oxygen atoms in total. The molecule has 12 heavy (non-hydrogen) atoms. The molecule has 0 bridgehead atoms. The van der Waals surface area contributed by atoms with Gasteiger partial charge in [-0.3, -0.25) is 4.79 Å². The Hall–Kier alpha value is -0.570. The van der Waals surface area contributed by atoms with E-state index in [0.717, 1.165) is 0 Å². The molecule has 1 rings (SSSR count). The summed E-state index contributed by atoms with van der Waals surface area (Å²) in [7, 11) is 0. The van der Waals surface area contributed by atoms with Crippen molar-refractivity contribution in [2.45, 2.75) is 39.4 Å². The Morgan fingerprint density at radius 2 is 2.17 bits per heavy atom. The van der Waals surface area contributed by atoms with Crippen molar-refractivity contribution in [3.63, 3.8) is 0 Å². The molecule has 1 heterocycles. The van der Waals surface area contributed by atoms with Gasteiger partial charge in [-0.1, -0.05) is 13.8 Å². The van der Waals surface area contributed by atoms with Crippen molar-refractivity contribution < 1.29 is 14.6 Å². The number of aliphatic hydroxyl groups excluding tert-OH is 1. The Morgan fingerprint density at radius 3 is 2.58 bits per heavy atom. The minimum Gasteiger partial charge on any atom is -0.462 e. The summed E-state index contributed by atoms with van der Waals surface area (Å²) in [5, 5.41) is 9.47. The molecule has 0 saturated carbocycles. The van der Waals surface area contributed by atoms with Crippen LogP contribution in [0.25, 0.3) is 0 Å². The topological polar surface area (TPSA) is 46.5 Å². The summed E-state index contributed by atoms with van der Waals surface area (Å²) < 4.78 is 5.13. The maximum atomic E-state index is 11.1. The molecule has 0 aromatic carbocycles. The number of esters is 1. The van der Waals surface area contributed by atoms with Crippen LogP contribution < -0.4 is 0 Å². The fourth-order valence-corrected chi connectivity index (χ4v) is 1.31. The van der Waals surface area contributed by atoms with Crippen LogP contribution in [0.1, 0.15) is 27.2 Å². The van der Waals surface area contributed by atoms with Gasteiger partial charge in [0.1, 0.15) is 6.10 Å². The lowest BCUT2D eigenvalue weighted by Gasteiger charge is -2.32. The molecule has 1 N–H and O–H groups in total. The van der Waals surface area contributed by atoms with Crippen molar-refractivity contribution >= 4 is 5.97 Å². The van der Waals surface area contributed by atoms with E-state index in [4.69, 9.17) is 4.74 Å². The van der Waals surface area contributed by atoms with Crippen molar-refractivity contribution in [1.29, 1.82) is 0 Å². The van der Waals surface area contributed by atoms with Crippen LogP contribution in [-0.2, 0) is 9.53 Å². The number of rotatable bonds is 1. The second-order valence-corrected chi connectivity index (χ2v) is 3.81. The fraction of sp³-hybridized carbons (Fsp3) is 0.889. The zero-order chi connectivity index (χ0) is 9.30. The van der Waals surface area contributed by atoms with Gasteiger partial charge in [-0.25, -0.2) is 0 Å². The van der Waals surface area contributed by atoms with E-state index >= 15 is 0 Å². The van der Waals surface area contributed by atoms with Crippen molar-refractivity contribution in [3.8, 4) is 0 Å². The molecule has 3 atom stereocenters. The lowest BCUT2D eigenvalue weighted by Crippen LogP contribution is -2.41. The largest absolute Gasteiger partial charge is 0.462 e. The van der Waals surface area contributed by atoms with Gasteiger partial charge in [0.05, 0.1) is 12.0 Å². The summed E-state index contributed by atoms with van der Waals surface area (Å²) in [6, 6.07) is 0. The molecule has 0 aliphatic carbocycles. The normalized spacial score (nSPS) is 36.8. The summed E-state index contributed by atoms with van der Waals surface area (Å²) >= 11 is 0. The van der Waals surface area contributed by atoms with Crippen LogP contribution in [0.5, 0.6) is 0 Å². The van der Waals surface area contributed by atoms with Crippen LogP contribution in [0.15, 0.2) is 0 Å². The van der Waals surface area contributed by atoms with E-state index in [1.54, 1.807) is 6.92 Å². The number of cyclic esters (lactones) is 1. The van der Waals surface area contributed by atoms with E-state index in [1.807, 2.05) is 13.8 Å². The third kappa shape index (κ3) is 1.78. The maximum Gasteiger partial charge on any atom is 0.311 e. The lowest BCUT2D eigenvalue weighted by molar-refractivity contribution is -0.171. The maximum absolute atomic E-state index is 11.1. The van der Waals surface area contributed by atoms with Crippen LogP contribution in [0.2, 0.25) is 0 Å². The van der Waals surface area contributed by atoms with Gasteiger partial charge < -0.3 is 9.84 Å².